The minimum atomic E-state index is -0.190. The first-order chi connectivity index (χ1) is 32.7. The summed E-state index contributed by atoms with van der Waals surface area (Å²) in [5.74, 6) is -1.63. The van der Waals surface area contributed by atoms with Gasteiger partial charge in [0.05, 0.1) is 0 Å². The summed E-state index contributed by atoms with van der Waals surface area (Å²) < 4.78 is 0. The number of rotatable bonds is 12. The van der Waals surface area contributed by atoms with Gasteiger partial charge in [0.25, 0.3) is 70.9 Å². The third kappa shape index (κ3) is 14.4. The molecule has 0 bridgehead atoms. The van der Waals surface area contributed by atoms with Crippen molar-refractivity contribution in [3.8, 4) is 0 Å². The molecule has 0 radical (unpaired) electrons. The van der Waals surface area contributed by atoms with Gasteiger partial charge in [-0.25, -0.2) is 0 Å². The van der Waals surface area contributed by atoms with Gasteiger partial charge in [0.1, 0.15) is 0 Å². The van der Waals surface area contributed by atoms with Crippen LogP contribution in [0, 0.1) is 0 Å². The Labute approximate surface area is 413 Å². The molecule has 0 N–H and O–H groups in total. The van der Waals surface area contributed by atoms with Crippen LogP contribution in [0.15, 0.2) is 67.9 Å². The fraction of sp³-hybridized carbons (Fsp3) is 0.538. The Kier molecular flexibility index (Phi) is 24.6. The maximum Gasteiger partial charge on any atom is 0.257 e. The first-order valence-electron chi connectivity index (χ1n) is 24.0. The van der Waals surface area contributed by atoms with Crippen LogP contribution in [0.4, 0.5) is 0 Å². The third-order valence-electron chi connectivity index (χ3n) is 12.0. The van der Waals surface area contributed by atoms with E-state index in [4.69, 9.17) is 0 Å². The Balaban J connectivity index is 0.000000421. The summed E-state index contributed by atoms with van der Waals surface area (Å²) in [5.41, 5.74) is 5.92. The number of imide groups is 6. The van der Waals surface area contributed by atoms with Crippen molar-refractivity contribution in [2.45, 2.75) is 149 Å². The molecule has 6 rings (SSSR count). The highest BCUT2D eigenvalue weighted by molar-refractivity contribution is 6.21. The monoisotopic (exact) mass is 975 g/mol. The molecule has 6 heterocycles. The van der Waals surface area contributed by atoms with E-state index in [1.165, 1.54) is 41.6 Å². The number of amides is 12. The van der Waals surface area contributed by atoms with Crippen LogP contribution < -0.4 is 0 Å². The molecule has 6 aliphatic heterocycles. The molecule has 70 heavy (non-hydrogen) atoms. The smallest absolute Gasteiger partial charge is 0.257 e. The van der Waals surface area contributed by atoms with Crippen LogP contribution in [0.1, 0.15) is 149 Å². The molecule has 0 saturated heterocycles. The van der Waals surface area contributed by atoms with Crippen LogP contribution in [0.5, 0.6) is 0 Å². The second kappa shape index (κ2) is 28.1. The summed E-state index contributed by atoms with van der Waals surface area (Å²) in [6, 6.07) is 0. The predicted molar refractivity (Wildman–Crippen MR) is 263 cm³/mol. The lowest BCUT2D eigenvalue weighted by atomic mass is 10.1. The highest BCUT2D eigenvalue weighted by Gasteiger charge is 2.35. The van der Waals surface area contributed by atoms with Crippen LogP contribution in [-0.4, -0.2) is 140 Å². The summed E-state index contributed by atoms with van der Waals surface area (Å²) in [5, 5.41) is 0. The first kappa shape index (κ1) is 61.3. The molecule has 12 amide bonds. The average Bonchev–Trinajstić information content (AvgIpc) is 3.99. The van der Waals surface area contributed by atoms with Gasteiger partial charge in [-0.15, -0.1) is 0 Å². The second-order valence-corrected chi connectivity index (χ2v) is 17.0. The molecular formula is C52H74N6O12. The fourth-order valence-corrected chi connectivity index (χ4v) is 7.29. The van der Waals surface area contributed by atoms with Crippen LogP contribution >= 0.6 is 0 Å². The highest BCUT2D eigenvalue weighted by Crippen LogP contribution is 2.24. The Hall–Kier alpha value is -6.72. The van der Waals surface area contributed by atoms with Crippen LogP contribution in [0.2, 0.25) is 0 Å². The molecule has 0 atom stereocenters. The maximum atomic E-state index is 11.6. The summed E-state index contributed by atoms with van der Waals surface area (Å²) in [6.07, 6.45) is 7.74. The van der Waals surface area contributed by atoms with Gasteiger partial charge in [0.2, 0.25) is 0 Å². The SMILES string of the molecule is CCCCN1C(=O)C(C)=C(C)C1=O.CCCN1C(=O)C(C)=C(C)C1=O.CCCN1C(=O)C(C)=C(CC)C1=O.CCCN1C(=O)C=C(C)C1=O.CCN1C(=O)C(C)=C(C)C1=O.CCN1C(=O)C=C(C)C1=O. The van der Waals surface area contributed by atoms with Gasteiger partial charge in [-0.1, -0.05) is 41.0 Å². The summed E-state index contributed by atoms with van der Waals surface area (Å²) in [6.45, 7) is 31.7. The number of nitrogens with zero attached hydrogens (tertiary/aromatic N) is 6. The van der Waals surface area contributed by atoms with E-state index in [1.807, 2.05) is 34.6 Å². The molecule has 18 heteroatoms. The zero-order chi connectivity index (χ0) is 54.1. The van der Waals surface area contributed by atoms with E-state index in [0.717, 1.165) is 32.1 Å². The summed E-state index contributed by atoms with van der Waals surface area (Å²) in [4.78, 5) is 143. The number of unbranched alkanes of at least 4 members (excludes halogenated alkanes) is 1. The molecule has 0 spiro atoms. The van der Waals surface area contributed by atoms with Crippen LogP contribution in [-0.2, 0) is 57.5 Å². The second-order valence-electron chi connectivity index (χ2n) is 17.0. The van der Waals surface area contributed by atoms with Crippen molar-refractivity contribution in [3.05, 3.63) is 67.9 Å². The van der Waals surface area contributed by atoms with Crippen molar-refractivity contribution in [1.29, 1.82) is 0 Å². The number of likely N-dealkylation sites (N-methyl/N-ethyl adjacent to an activating group) is 2. The molecule has 6 aliphatic rings. The van der Waals surface area contributed by atoms with Gasteiger partial charge in [0, 0.05) is 107 Å². The lowest BCUT2D eigenvalue weighted by Gasteiger charge is -2.13. The number of hydrogen-bond acceptors (Lipinski definition) is 12. The molecule has 18 nitrogen and oxygen atoms in total. The quantitative estimate of drug-likeness (QED) is 0.211. The third-order valence-corrected chi connectivity index (χ3v) is 12.0. The van der Waals surface area contributed by atoms with Gasteiger partial charge < -0.3 is 0 Å². The Morgan fingerprint density at radius 1 is 0.300 bits per heavy atom. The minimum Gasteiger partial charge on any atom is -0.275 e. The van der Waals surface area contributed by atoms with Gasteiger partial charge in [-0.2, -0.15) is 0 Å². The van der Waals surface area contributed by atoms with Crippen molar-refractivity contribution in [2.75, 3.05) is 39.3 Å². The molecule has 384 valence electrons. The predicted octanol–water partition coefficient (Wildman–Crippen LogP) is 5.83. The Morgan fingerprint density at radius 2 is 0.586 bits per heavy atom. The van der Waals surface area contributed by atoms with Gasteiger partial charge in [-0.3, -0.25) is 86.9 Å². The van der Waals surface area contributed by atoms with E-state index in [2.05, 4.69) is 0 Å². The van der Waals surface area contributed by atoms with Crippen LogP contribution in [0.3, 0.4) is 0 Å². The highest BCUT2D eigenvalue weighted by atomic mass is 16.2. The largest absolute Gasteiger partial charge is 0.275 e. The van der Waals surface area contributed by atoms with Crippen LogP contribution in [0.25, 0.3) is 0 Å². The van der Waals surface area contributed by atoms with Crippen molar-refractivity contribution >= 4 is 70.9 Å². The Morgan fingerprint density at radius 3 is 0.829 bits per heavy atom. The van der Waals surface area contributed by atoms with Crippen molar-refractivity contribution < 1.29 is 57.5 Å². The van der Waals surface area contributed by atoms with Crippen molar-refractivity contribution in [1.82, 2.24) is 29.4 Å². The van der Waals surface area contributed by atoms with Crippen molar-refractivity contribution in [2.24, 2.45) is 0 Å². The molecule has 0 fully saturated rings. The van der Waals surface area contributed by atoms with E-state index in [-0.39, 0.29) is 70.9 Å². The van der Waals surface area contributed by atoms with Gasteiger partial charge >= 0.3 is 0 Å². The number of carbonyl (C=O) groups excluding carboxylic acids is 12. The van der Waals surface area contributed by atoms with E-state index in [0.29, 0.717) is 101 Å². The molecule has 0 unspecified atom stereocenters. The van der Waals surface area contributed by atoms with Gasteiger partial charge in [0.15, 0.2) is 0 Å². The first-order valence-corrected chi connectivity index (χ1v) is 24.0. The van der Waals surface area contributed by atoms with Gasteiger partial charge in [-0.05, 0) is 108 Å². The lowest BCUT2D eigenvalue weighted by Crippen LogP contribution is -2.32. The Bertz CT molecular complexity index is 2290. The molecular weight excluding hydrogens is 901 g/mol. The topological polar surface area (TPSA) is 224 Å². The molecule has 0 aromatic carbocycles. The van der Waals surface area contributed by atoms with E-state index >= 15 is 0 Å². The molecule has 0 saturated carbocycles. The average molecular weight is 975 g/mol. The normalized spacial score (nSPS) is 17.9. The number of hydrogen-bond donors (Lipinski definition) is 0. The number of carbonyl (C=O) groups is 12. The summed E-state index contributed by atoms with van der Waals surface area (Å²) >= 11 is 0. The minimum absolute atomic E-state index is 0.0909. The zero-order valence-electron chi connectivity index (χ0n) is 44.2. The van der Waals surface area contributed by atoms with Crippen molar-refractivity contribution in [3.63, 3.8) is 0 Å². The standard InChI is InChI=1S/2C10H15NO2.C9H13NO2.2C8H11NO2.C7H9NO2/c1-4-5-6-11-9(12)7(2)8(3)10(11)13;1-4-6-11-9(12)7(3)8(5-2)10(11)13;1-4-5-10-8(11)6(2)7(3)9(10)12;1-4-9-7(10)5(2)6(3)8(9)11;1-3-4-9-7(10)5-6(2)8(9)11;1-3-8-6(9)4-5(2)7(8)10/h2*4-6H2,1-3H3;4-5H2,1-3H3;4H2,1-3H3;5H,3-4H2,1-2H3;4H,3H2,1-2H3. The molecule has 0 aromatic rings. The zero-order valence-corrected chi connectivity index (χ0v) is 44.2. The maximum absolute atomic E-state index is 11.6. The molecule has 0 aliphatic carbocycles. The fourth-order valence-electron chi connectivity index (χ4n) is 7.29. The lowest BCUT2D eigenvalue weighted by molar-refractivity contribution is -0.139. The molecule has 0 aromatic heterocycles. The summed E-state index contributed by atoms with van der Waals surface area (Å²) in [7, 11) is 0. The van der Waals surface area contributed by atoms with E-state index in [9.17, 15) is 57.5 Å². The van der Waals surface area contributed by atoms with E-state index < -0.39 is 0 Å². The van der Waals surface area contributed by atoms with E-state index in [1.54, 1.807) is 76.2 Å².